The van der Waals surface area contributed by atoms with Gasteiger partial charge in [0.15, 0.2) is 0 Å². The molecule has 2 N–H and O–H groups in total. The zero-order valence-electron chi connectivity index (χ0n) is 27.0. The van der Waals surface area contributed by atoms with E-state index in [2.05, 4.69) is 63.3 Å². The molecule has 1 saturated heterocycles. The van der Waals surface area contributed by atoms with Crippen LogP contribution in [0.1, 0.15) is 67.2 Å². The maximum atomic E-state index is 12.3. The normalized spacial score (nSPS) is 23.5. The van der Waals surface area contributed by atoms with Crippen LogP contribution in [-0.2, 0) is 19.2 Å². The first-order valence-corrected chi connectivity index (χ1v) is 15.5. The van der Waals surface area contributed by atoms with Gasteiger partial charge in [-0.25, -0.2) is 20.5 Å². The lowest BCUT2D eigenvalue weighted by atomic mass is 9.86. The van der Waals surface area contributed by atoms with Crippen LogP contribution < -0.4 is 10.8 Å². The Bertz CT molecular complexity index is 1820. The maximum absolute atomic E-state index is 12.3. The molecule has 0 spiro atoms. The molecular weight excluding hydrogens is 566 g/mol. The zero-order valence-corrected chi connectivity index (χ0v) is 27.0. The fraction of sp³-hybridized carbons (Fsp3) is 0.361. The van der Waals surface area contributed by atoms with Gasteiger partial charge in [-0.05, 0) is 74.1 Å². The van der Waals surface area contributed by atoms with Gasteiger partial charge >= 0.3 is 11.9 Å². The van der Waals surface area contributed by atoms with Crippen molar-refractivity contribution in [1.29, 1.82) is 0 Å². The van der Waals surface area contributed by atoms with Crippen LogP contribution in [0, 0.1) is 11.8 Å². The summed E-state index contributed by atoms with van der Waals surface area (Å²) >= 11 is 0. The summed E-state index contributed by atoms with van der Waals surface area (Å²) in [6.45, 7) is 16.0. The Balaban J connectivity index is 1.60. The molecule has 8 bridgehead atoms. The molecule has 0 aromatic heterocycles. The predicted octanol–water partition coefficient (Wildman–Crippen LogP) is 6.31. The largest absolute Gasteiger partial charge is 0.469 e. The minimum absolute atomic E-state index is 0.000194. The van der Waals surface area contributed by atoms with Crippen molar-refractivity contribution in [2.45, 2.75) is 67.2 Å². The van der Waals surface area contributed by atoms with E-state index < -0.39 is 5.97 Å². The smallest absolute Gasteiger partial charge is 0.329 e. The van der Waals surface area contributed by atoms with Crippen molar-refractivity contribution in [2.24, 2.45) is 26.8 Å². The number of rotatable bonds is 7. The summed E-state index contributed by atoms with van der Waals surface area (Å²) in [5.41, 5.74) is 18.1. The molecule has 2 atom stereocenters. The Kier molecular flexibility index (Phi) is 7.81. The highest BCUT2D eigenvalue weighted by Crippen LogP contribution is 2.46. The van der Waals surface area contributed by atoms with Crippen LogP contribution in [0.5, 0.6) is 0 Å². The van der Waals surface area contributed by atoms with E-state index in [4.69, 9.17) is 24.6 Å². The SMILES string of the molecule is C=CC1=C(C)C2=NC1=CC1=NC(=CC3=C(C)C4=C(NOC(C)=O)CC(=C5NC(=C2)[C@@H](C)[C@@H]5CCC(=O)OC)C4=N3)C(CC)=C1C. The highest BCUT2D eigenvalue weighted by atomic mass is 16.7. The first kappa shape index (κ1) is 30.2. The molecule has 0 unspecified atom stereocenters. The Labute approximate surface area is 264 Å². The maximum Gasteiger partial charge on any atom is 0.329 e. The number of hydroxylamine groups is 1. The van der Waals surface area contributed by atoms with Crippen LogP contribution in [0.4, 0.5) is 0 Å². The third-order valence-corrected chi connectivity index (χ3v) is 9.53. The van der Waals surface area contributed by atoms with Crippen molar-refractivity contribution in [1.82, 2.24) is 10.8 Å². The minimum atomic E-state index is -0.430. The zero-order chi connectivity index (χ0) is 32.2. The van der Waals surface area contributed by atoms with Gasteiger partial charge in [-0.2, -0.15) is 0 Å². The second-order valence-corrected chi connectivity index (χ2v) is 12.1. The van der Waals surface area contributed by atoms with Crippen LogP contribution in [0.25, 0.3) is 0 Å². The number of carbonyl (C=O) groups is 2. The predicted molar refractivity (Wildman–Crippen MR) is 176 cm³/mol. The van der Waals surface area contributed by atoms with Crippen molar-refractivity contribution in [2.75, 3.05) is 7.11 Å². The minimum Gasteiger partial charge on any atom is -0.469 e. The number of nitrogens with zero attached hydrogens (tertiary/aromatic N) is 3. The standard InChI is InChI=1S/C36H39N5O4/c1-9-22-17(3)26-14-28-19(5)24(11-12-33(43)44-8)35(39-28)25-13-32(41-45-21(7)42)34-20(6)29(40-36(25)34)16-31-23(10-2)18(4)27(38-31)15-30(22)37-26/h9,14-16,19,24,39,41H,1,10-13H2,2-8H3/t19-,24-/m0/s1. The van der Waals surface area contributed by atoms with Gasteiger partial charge in [0.1, 0.15) is 0 Å². The van der Waals surface area contributed by atoms with Crippen LogP contribution in [0.15, 0.2) is 119 Å². The molecule has 1 fully saturated rings. The van der Waals surface area contributed by atoms with Crippen molar-refractivity contribution < 1.29 is 19.2 Å². The summed E-state index contributed by atoms with van der Waals surface area (Å²) < 4.78 is 5.01. The number of methoxy groups -OCH3 is 1. The summed E-state index contributed by atoms with van der Waals surface area (Å²) in [6, 6.07) is 0. The topological polar surface area (TPSA) is 114 Å². The van der Waals surface area contributed by atoms with E-state index in [9.17, 15) is 9.59 Å². The Hall–Kier alpha value is -4.79. The number of allylic oxidation sites excluding steroid dienone is 12. The number of aliphatic imine (C=N–C) groups is 3. The number of fused-ring (bicyclic) bond motifs is 5. The molecule has 6 aliphatic rings. The summed E-state index contributed by atoms with van der Waals surface area (Å²) in [4.78, 5) is 44.8. The van der Waals surface area contributed by atoms with Gasteiger partial charge in [-0.15, -0.1) is 0 Å². The monoisotopic (exact) mass is 605 g/mol. The highest BCUT2D eigenvalue weighted by molar-refractivity contribution is 6.21. The molecule has 1 aliphatic carbocycles. The van der Waals surface area contributed by atoms with Gasteiger partial charge in [-0.1, -0.05) is 26.5 Å². The molecular formula is C36H39N5O4. The lowest BCUT2D eigenvalue weighted by molar-refractivity contribution is -0.146. The number of hydrogen-bond donors (Lipinski definition) is 2. The van der Waals surface area contributed by atoms with Gasteiger partial charge in [-0.3, -0.25) is 9.59 Å². The number of hydrogen-bond acceptors (Lipinski definition) is 9. The molecule has 0 aromatic carbocycles. The molecule has 0 aromatic rings. The van der Waals surface area contributed by atoms with E-state index in [1.807, 2.05) is 13.0 Å². The van der Waals surface area contributed by atoms with Crippen LogP contribution in [0.2, 0.25) is 0 Å². The Morgan fingerprint density at radius 3 is 2.49 bits per heavy atom. The average Bonchev–Trinajstić information content (AvgIpc) is 3.77. The van der Waals surface area contributed by atoms with E-state index in [-0.39, 0.29) is 24.2 Å². The van der Waals surface area contributed by atoms with Crippen molar-refractivity contribution in [3.8, 4) is 0 Å². The van der Waals surface area contributed by atoms with E-state index in [1.165, 1.54) is 14.0 Å². The van der Waals surface area contributed by atoms with E-state index >= 15 is 0 Å². The lowest BCUT2D eigenvalue weighted by Crippen LogP contribution is -2.18. The first-order valence-electron chi connectivity index (χ1n) is 15.5. The quantitative estimate of drug-likeness (QED) is 0.260. The van der Waals surface area contributed by atoms with Crippen LogP contribution in [-0.4, -0.2) is 36.2 Å². The second kappa shape index (κ2) is 11.6. The molecule has 0 amide bonds. The van der Waals surface area contributed by atoms with Gasteiger partial charge in [0, 0.05) is 59.7 Å². The number of ether oxygens (including phenoxy) is 1. The Morgan fingerprint density at radius 1 is 1.07 bits per heavy atom. The van der Waals surface area contributed by atoms with E-state index in [1.54, 1.807) is 0 Å². The molecule has 9 heteroatoms. The third-order valence-electron chi connectivity index (χ3n) is 9.53. The van der Waals surface area contributed by atoms with Crippen molar-refractivity contribution in [3.63, 3.8) is 0 Å². The fourth-order valence-corrected chi connectivity index (χ4v) is 7.00. The molecule has 45 heavy (non-hydrogen) atoms. The Morgan fingerprint density at radius 2 is 1.80 bits per heavy atom. The molecule has 5 heterocycles. The summed E-state index contributed by atoms with van der Waals surface area (Å²) in [7, 11) is 1.42. The molecule has 6 rings (SSSR count). The molecule has 9 nitrogen and oxygen atoms in total. The van der Waals surface area contributed by atoms with Gasteiger partial charge in [0.05, 0.1) is 47.0 Å². The summed E-state index contributed by atoms with van der Waals surface area (Å²) in [5, 5.41) is 3.75. The van der Waals surface area contributed by atoms with Gasteiger partial charge < -0.3 is 14.9 Å². The van der Waals surface area contributed by atoms with Gasteiger partial charge in [0.2, 0.25) is 0 Å². The summed E-state index contributed by atoms with van der Waals surface area (Å²) in [5.74, 6) is -0.612. The molecule has 232 valence electrons. The van der Waals surface area contributed by atoms with Crippen molar-refractivity contribution >= 4 is 29.1 Å². The fourth-order valence-electron chi connectivity index (χ4n) is 7.00. The van der Waals surface area contributed by atoms with Crippen LogP contribution in [0.3, 0.4) is 0 Å². The highest BCUT2D eigenvalue weighted by Gasteiger charge is 2.41. The molecule has 0 saturated carbocycles. The first-order chi connectivity index (χ1) is 21.6. The number of esters is 1. The van der Waals surface area contributed by atoms with Crippen molar-refractivity contribution in [3.05, 3.63) is 104 Å². The van der Waals surface area contributed by atoms with Gasteiger partial charge in [0.25, 0.3) is 0 Å². The van der Waals surface area contributed by atoms with Crippen LogP contribution >= 0.6 is 0 Å². The number of nitrogens with one attached hydrogen (secondary N) is 2. The third kappa shape index (κ3) is 5.10. The van der Waals surface area contributed by atoms with E-state index in [0.29, 0.717) is 12.8 Å². The molecule has 0 radical (unpaired) electrons. The summed E-state index contributed by atoms with van der Waals surface area (Å²) in [6.07, 6.45) is 10.3. The lowest BCUT2D eigenvalue weighted by Gasteiger charge is -2.17. The second-order valence-electron chi connectivity index (χ2n) is 12.1. The number of carbonyl (C=O) groups excluding carboxylic acids is 2. The molecule has 5 aliphatic heterocycles. The average molecular weight is 606 g/mol. The van der Waals surface area contributed by atoms with E-state index in [0.717, 1.165) is 96.7 Å².